The van der Waals surface area contributed by atoms with Gasteiger partial charge in [-0.15, -0.1) is 0 Å². The van der Waals surface area contributed by atoms with Crippen molar-refractivity contribution < 1.29 is 24.2 Å². The third kappa shape index (κ3) is 3.43. The van der Waals surface area contributed by atoms with E-state index in [2.05, 4.69) is 16.3 Å². The quantitative estimate of drug-likeness (QED) is 0.475. The van der Waals surface area contributed by atoms with Crippen molar-refractivity contribution in [2.75, 3.05) is 0 Å². The van der Waals surface area contributed by atoms with Crippen LogP contribution in [0.25, 0.3) is 0 Å². The Bertz CT molecular complexity index is 527. The molecule has 0 saturated carbocycles. The number of nitrogens with zero attached hydrogens (tertiary/aromatic N) is 2. The number of hydrogen-bond acceptors (Lipinski definition) is 6. The molecule has 0 atom stereocenters. The predicted molar refractivity (Wildman–Crippen MR) is 59.1 cm³/mol. The van der Waals surface area contributed by atoms with Crippen molar-refractivity contribution in [3.05, 3.63) is 38.4 Å². The average molecular weight is 280 g/mol. The van der Waals surface area contributed by atoms with E-state index in [1.165, 1.54) is 0 Å². The summed E-state index contributed by atoms with van der Waals surface area (Å²) in [5.41, 5.74) is -1.80. The standard InChI is InChI=1S/C6H5N2O7PS/c9-7(10)4-2-1-3-5(6(4)8(11)12)15-16(13,14)17/h1-3H,(H2,13,14,17). The smallest absolute Gasteiger partial charge is 0.387 e. The summed E-state index contributed by atoms with van der Waals surface area (Å²) in [6, 6.07) is 2.98. The highest BCUT2D eigenvalue weighted by molar-refractivity contribution is 8.06. The predicted octanol–water partition coefficient (Wildman–Crippen LogP) is 1.09. The maximum atomic E-state index is 10.7. The third-order valence-corrected chi connectivity index (χ3v) is 2.23. The number of hydrogen-bond donors (Lipinski definition) is 2. The van der Waals surface area contributed by atoms with E-state index in [4.69, 9.17) is 9.79 Å². The summed E-state index contributed by atoms with van der Waals surface area (Å²) in [5.74, 6) is -0.655. The Morgan fingerprint density at radius 2 is 1.82 bits per heavy atom. The van der Waals surface area contributed by atoms with E-state index in [1.807, 2.05) is 0 Å². The second kappa shape index (κ2) is 4.72. The van der Waals surface area contributed by atoms with E-state index in [9.17, 15) is 20.2 Å². The van der Waals surface area contributed by atoms with Crippen LogP contribution in [0.15, 0.2) is 18.2 Å². The Morgan fingerprint density at radius 1 is 1.24 bits per heavy atom. The lowest BCUT2D eigenvalue weighted by Crippen LogP contribution is -2.00. The number of rotatable bonds is 4. The Kier molecular flexibility index (Phi) is 3.73. The summed E-state index contributed by atoms with van der Waals surface area (Å²) in [6.45, 7) is -4.20. The highest BCUT2D eigenvalue weighted by atomic mass is 32.5. The maximum absolute atomic E-state index is 10.7. The highest BCUT2D eigenvalue weighted by Crippen LogP contribution is 2.45. The van der Waals surface area contributed by atoms with E-state index in [-0.39, 0.29) is 0 Å². The lowest BCUT2D eigenvalue weighted by molar-refractivity contribution is -0.422. The van der Waals surface area contributed by atoms with Gasteiger partial charge in [0.1, 0.15) is 0 Å². The molecule has 0 spiro atoms. The molecule has 0 heterocycles. The topological polar surface area (TPSA) is 136 Å². The van der Waals surface area contributed by atoms with Gasteiger partial charge in [-0.2, -0.15) is 0 Å². The molecule has 1 rings (SSSR count). The van der Waals surface area contributed by atoms with Crippen molar-refractivity contribution in [1.82, 2.24) is 0 Å². The van der Waals surface area contributed by atoms with E-state index in [0.717, 1.165) is 18.2 Å². The molecule has 0 aliphatic heterocycles. The molecule has 0 unspecified atom stereocenters. The van der Waals surface area contributed by atoms with Crippen LogP contribution in [0.4, 0.5) is 11.4 Å². The molecule has 0 radical (unpaired) electrons. The van der Waals surface area contributed by atoms with Crippen LogP contribution in [-0.4, -0.2) is 19.6 Å². The van der Waals surface area contributed by atoms with E-state index < -0.39 is 33.7 Å². The van der Waals surface area contributed by atoms with Crippen LogP contribution in [0, 0.1) is 20.2 Å². The summed E-state index contributed by atoms with van der Waals surface area (Å²) in [6.07, 6.45) is 0. The Balaban J connectivity index is 3.40. The number of para-hydroxylation sites is 1. The fourth-order valence-corrected chi connectivity index (χ4v) is 1.69. The fraction of sp³-hybridized carbons (Fsp3) is 0. The first kappa shape index (κ1) is 13.5. The summed E-state index contributed by atoms with van der Waals surface area (Å²) < 4.78 is 4.38. The summed E-state index contributed by atoms with van der Waals surface area (Å²) >= 11 is 4.13. The molecule has 11 heteroatoms. The van der Waals surface area contributed by atoms with E-state index in [0.29, 0.717) is 0 Å². The molecule has 9 nitrogen and oxygen atoms in total. The molecule has 0 amide bonds. The van der Waals surface area contributed by atoms with Crippen LogP contribution in [0.1, 0.15) is 0 Å². The molecule has 0 aliphatic rings. The zero-order valence-electron chi connectivity index (χ0n) is 7.92. The molecule has 0 bridgehead atoms. The van der Waals surface area contributed by atoms with Crippen molar-refractivity contribution >= 4 is 29.9 Å². The maximum Gasteiger partial charge on any atom is 0.387 e. The number of nitro groups is 2. The number of benzene rings is 1. The molecule has 1 aromatic rings. The molecule has 0 aromatic heterocycles. The second-order valence-electron chi connectivity index (χ2n) is 2.72. The third-order valence-electron chi connectivity index (χ3n) is 1.57. The van der Waals surface area contributed by atoms with E-state index >= 15 is 0 Å². The SMILES string of the molecule is O=[N+]([O-])c1cccc(OP(O)(O)=S)c1[N+](=O)[O-]. The van der Waals surface area contributed by atoms with Gasteiger partial charge in [-0.25, -0.2) is 0 Å². The van der Waals surface area contributed by atoms with Gasteiger partial charge >= 0.3 is 18.1 Å². The minimum atomic E-state index is -4.20. The van der Waals surface area contributed by atoms with Gasteiger partial charge in [0, 0.05) is 17.9 Å². The Hall–Kier alpha value is -1.61. The lowest BCUT2D eigenvalue weighted by atomic mass is 10.2. The van der Waals surface area contributed by atoms with Gasteiger partial charge in [0.2, 0.25) is 5.75 Å². The van der Waals surface area contributed by atoms with Crippen LogP contribution in [0.3, 0.4) is 0 Å². The fourth-order valence-electron chi connectivity index (χ4n) is 1.04. The lowest BCUT2D eigenvalue weighted by Gasteiger charge is -2.09. The molecule has 2 N–H and O–H groups in total. The zero-order chi connectivity index (χ0) is 13.2. The molecule has 0 fully saturated rings. The van der Waals surface area contributed by atoms with Gasteiger partial charge in [0.15, 0.2) is 0 Å². The Morgan fingerprint density at radius 3 is 2.24 bits per heavy atom. The van der Waals surface area contributed by atoms with Crippen LogP contribution in [0.5, 0.6) is 5.75 Å². The van der Waals surface area contributed by atoms with Crippen LogP contribution >= 0.6 is 6.72 Å². The molecular weight excluding hydrogens is 275 g/mol. The highest BCUT2D eigenvalue weighted by Gasteiger charge is 2.31. The van der Waals surface area contributed by atoms with Gasteiger partial charge in [-0.1, -0.05) is 6.07 Å². The van der Waals surface area contributed by atoms with Crippen LogP contribution in [-0.2, 0) is 11.8 Å². The van der Waals surface area contributed by atoms with Crippen LogP contribution in [0.2, 0.25) is 0 Å². The zero-order valence-corrected chi connectivity index (χ0v) is 9.63. The van der Waals surface area contributed by atoms with Crippen molar-refractivity contribution in [2.24, 2.45) is 0 Å². The molecule has 0 saturated heterocycles. The first-order valence-electron chi connectivity index (χ1n) is 3.89. The first-order valence-corrected chi connectivity index (χ1v) is 6.52. The summed E-state index contributed by atoms with van der Waals surface area (Å²) in [4.78, 5) is 36.9. The summed E-state index contributed by atoms with van der Waals surface area (Å²) in [7, 11) is 0. The summed E-state index contributed by atoms with van der Waals surface area (Å²) in [5, 5.41) is 21.2. The van der Waals surface area contributed by atoms with Crippen LogP contribution < -0.4 is 4.52 Å². The van der Waals surface area contributed by atoms with Crippen molar-refractivity contribution in [1.29, 1.82) is 0 Å². The average Bonchev–Trinajstić information content (AvgIpc) is 2.14. The minimum absolute atomic E-state index is 0.655. The molecule has 0 aliphatic carbocycles. The first-order chi connectivity index (χ1) is 7.72. The monoisotopic (exact) mass is 280 g/mol. The van der Waals surface area contributed by atoms with Gasteiger partial charge in [0.05, 0.1) is 9.85 Å². The molecular formula is C6H5N2O7PS. The van der Waals surface area contributed by atoms with Gasteiger partial charge in [-0.05, 0) is 6.07 Å². The minimum Gasteiger partial charge on any atom is -0.417 e. The van der Waals surface area contributed by atoms with Crippen molar-refractivity contribution in [3.63, 3.8) is 0 Å². The molecule has 92 valence electrons. The van der Waals surface area contributed by atoms with Gasteiger partial charge < -0.3 is 14.3 Å². The molecule has 1 aromatic carbocycles. The van der Waals surface area contributed by atoms with Crippen molar-refractivity contribution in [2.45, 2.75) is 0 Å². The Labute approximate surface area is 98.8 Å². The second-order valence-corrected chi connectivity index (χ2v) is 5.31. The van der Waals surface area contributed by atoms with E-state index in [1.54, 1.807) is 0 Å². The molecule has 17 heavy (non-hydrogen) atoms. The normalized spacial score (nSPS) is 10.9. The van der Waals surface area contributed by atoms with Crippen molar-refractivity contribution in [3.8, 4) is 5.75 Å². The van der Waals surface area contributed by atoms with Gasteiger partial charge in [-0.3, -0.25) is 20.2 Å². The largest absolute Gasteiger partial charge is 0.417 e. The van der Waals surface area contributed by atoms with Gasteiger partial charge in [0.25, 0.3) is 0 Å². The number of nitro benzene ring substituents is 2.